The van der Waals surface area contributed by atoms with Crippen LogP contribution in [0.15, 0.2) is 0 Å². The molecule has 0 rings (SSSR count). The first-order valence-corrected chi connectivity index (χ1v) is 6.11. The molecule has 1 atom stereocenters. The van der Waals surface area contributed by atoms with Crippen LogP contribution >= 0.6 is 0 Å². The Kier molecular flexibility index (Phi) is 5.96. The van der Waals surface area contributed by atoms with E-state index in [2.05, 4.69) is 10.6 Å². The van der Waals surface area contributed by atoms with E-state index in [1.165, 1.54) is 13.8 Å². The molecule has 0 aliphatic heterocycles. The molecule has 0 bridgehead atoms. The van der Waals surface area contributed by atoms with Gasteiger partial charge in [-0.25, -0.2) is 4.79 Å². The van der Waals surface area contributed by atoms with Gasteiger partial charge in [-0.2, -0.15) is 0 Å². The predicted octanol–water partition coefficient (Wildman–Crippen LogP) is 0.0229. The molecule has 116 valence electrons. The van der Waals surface area contributed by atoms with Gasteiger partial charge in [0, 0.05) is 0 Å². The van der Waals surface area contributed by atoms with Gasteiger partial charge in [0.15, 0.2) is 0 Å². The highest BCUT2D eigenvalue weighted by atomic mass is 16.6. The maximum absolute atomic E-state index is 11.5. The van der Waals surface area contributed by atoms with E-state index >= 15 is 0 Å². The van der Waals surface area contributed by atoms with Crippen LogP contribution < -0.4 is 16.4 Å². The molecule has 2 amide bonds. The summed E-state index contributed by atoms with van der Waals surface area (Å²) in [6.07, 6.45) is -1.81. The zero-order chi connectivity index (χ0) is 16.1. The number of hydrogen-bond acceptors (Lipinski definition) is 5. The first-order chi connectivity index (χ1) is 8.86. The van der Waals surface area contributed by atoms with E-state index in [1.54, 1.807) is 20.8 Å². The quantitative estimate of drug-likeness (QED) is 0.528. The molecule has 1 unspecified atom stereocenters. The van der Waals surface area contributed by atoms with Crippen molar-refractivity contribution in [1.29, 1.82) is 0 Å². The van der Waals surface area contributed by atoms with E-state index in [9.17, 15) is 14.4 Å². The second-order valence-corrected chi connectivity index (χ2v) is 5.93. The van der Waals surface area contributed by atoms with Gasteiger partial charge < -0.3 is 26.2 Å². The van der Waals surface area contributed by atoms with Crippen LogP contribution in [0.1, 0.15) is 34.6 Å². The van der Waals surface area contributed by atoms with Crippen molar-refractivity contribution < 1.29 is 24.2 Å². The monoisotopic (exact) mass is 289 g/mol. The number of carbonyl (C=O) groups is 3. The number of aliphatic carboxylic acids is 1. The summed E-state index contributed by atoms with van der Waals surface area (Å²) in [4.78, 5) is 33.8. The predicted molar refractivity (Wildman–Crippen MR) is 71.8 cm³/mol. The lowest BCUT2D eigenvalue weighted by atomic mass is 9.90. The third kappa shape index (κ3) is 6.37. The smallest absolute Gasteiger partial charge is 0.408 e. The number of alkyl carbamates (subject to hydrolysis) is 1. The number of carboxylic acid groups (broad SMARTS) is 1. The van der Waals surface area contributed by atoms with E-state index in [4.69, 9.17) is 15.6 Å². The molecular weight excluding hydrogens is 266 g/mol. The fourth-order valence-corrected chi connectivity index (χ4v) is 1.00. The highest BCUT2D eigenvalue weighted by Crippen LogP contribution is 2.17. The summed E-state index contributed by atoms with van der Waals surface area (Å²) >= 11 is 0. The average Bonchev–Trinajstić information content (AvgIpc) is 2.23. The summed E-state index contributed by atoms with van der Waals surface area (Å²) in [6.45, 7) is 7.51. The highest BCUT2D eigenvalue weighted by molar-refractivity contribution is 5.83. The van der Waals surface area contributed by atoms with Crippen molar-refractivity contribution in [3.05, 3.63) is 0 Å². The molecule has 0 aliphatic rings. The van der Waals surface area contributed by atoms with Gasteiger partial charge >= 0.3 is 12.1 Å². The van der Waals surface area contributed by atoms with Crippen LogP contribution in [0.3, 0.4) is 0 Å². The lowest BCUT2D eigenvalue weighted by molar-refractivity contribution is -0.148. The molecule has 0 spiro atoms. The Balaban J connectivity index is 4.26. The van der Waals surface area contributed by atoms with Crippen LogP contribution in [-0.2, 0) is 14.3 Å². The van der Waals surface area contributed by atoms with E-state index < -0.39 is 35.2 Å². The summed E-state index contributed by atoms with van der Waals surface area (Å²) < 4.78 is 4.94. The summed E-state index contributed by atoms with van der Waals surface area (Å²) in [5.41, 5.74) is 3.62. The Bertz CT molecular complexity index is 387. The zero-order valence-corrected chi connectivity index (χ0v) is 12.4. The molecule has 8 heteroatoms. The van der Waals surface area contributed by atoms with Crippen molar-refractivity contribution in [2.45, 2.75) is 46.4 Å². The minimum absolute atomic E-state index is 0.349. The van der Waals surface area contributed by atoms with E-state index in [0.29, 0.717) is 0 Å². The average molecular weight is 289 g/mol. The molecule has 0 fully saturated rings. The fraction of sp³-hybridized carbons (Fsp3) is 0.750. The Morgan fingerprint density at radius 2 is 1.70 bits per heavy atom. The fourth-order valence-electron chi connectivity index (χ4n) is 1.00. The number of rotatable bonds is 5. The van der Waals surface area contributed by atoms with E-state index in [0.717, 1.165) is 0 Å². The molecule has 0 aromatic carbocycles. The Morgan fingerprint density at radius 1 is 1.20 bits per heavy atom. The molecule has 0 aromatic rings. The van der Waals surface area contributed by atoms with E-state index in [1.807, 2.05) is 0 Å². The third-order valence-electron chi connectivity index (χ3n) is 2.44. The molecule has 0 saturated heterocycles. The maximum Gasteiger partial charge on any atom is 0.408 e. The van der Waals surface area contributed by atoms with E-state index in [-0.39, 0.29) is 6.54 Å². The highest BCUT2D eigenvalue weighted by Gasteiger charge is 2.35. The first kappa shape index (κ1) is 18.2. The van der Waals surface area contributed by atoms with Crippen molar-refractivity contribution in [3.8, 4) is 0 Å². The number of nitrogens with one attached hydrogen (secondary N) is 2. The summed E-state index contributed by atoms with van der Waals surface area (Å²) in [6, 6.07) is 0. The number of carboxylic acids is 1. The van der Waals surface area contributed by atoms with Crippen LogP contribution in [-0.4, -0.2) is 41.4 Å². The Labute approximate surface area is 118 Å². The van der Waals surface area contributed by atoms with Crippen LogP contribution in [0.2, 0.25) is 0 Å². The summed E-state index contributed by atoms with van der Waals surface area (Å²) in [5.74, 6) is -1.73. The maximum atomic E-state index is 11.5. The van der Waals surface area contributed by atoms with Crippen molar-refractivity contribution in [2.75, 3.05) is 6.54 Å². The number of ether oxygens (including phenoxy) is 1. The van der Waals surface area contributed by atoms with Gasteiger partial charge in [0.05, 0.1) is 11.6 Å². The van der Waals surface area contributed by atoms with Crippen molar-refractivity contribution in [3.63, 3.8) is 0 Å². The largest absolute Gasteiger partial charge is 0.481 e. The molecular formula is C12H23N3O5. The first-order valence-electron chi connectivity index (χ1n) is 6.11. The number of hydrogen-bond donors (Lipinski definition) is 4. The molecule has 5 N–H and O–H groups in total. The number of nitrogens with two attached hydrogens (primary N) is 1. The molecule has 8 nitrogen and oxygen atoms in total. The van der Waals surface area contributed by atoms with Crippen molar-refractivity contribution in [1.82, 2.24) is 10.6 Å². The van der Waals surface area contributed by atoms with Gasteiger partial charge in [-0.3, -0.25) is 9.59 Å². The number of carbonyl (C=O) groups excluding carboxylic acids is 2. The van der Waals surface area contributed by atoms with Crippen molar-refractivity contribution >= 4 is 18.0 Å². The molecule has 20 heavy (non-hydrogen) atoms. The standard InChI is InChI=1S/C12H23N3O5/c1-11(2,3)20-10(19)14-6-7(16)15-8(13)12(4,5)9(17)18/h8H,6,13H2,1-5H3,(H,14,19)(H,15,16)(H,17,18). The molecule has 0 heterocycles. The van der Waals surface area contributed by atoms with Gasteiger partial charge in [-0.15, -0.1) is 0 Å². The molecule has 0 saturated carbocycles. The lowest BCUT2D eigenvalue weighted by Gasteiger charge is -2.27. The summed E-state index contributed by atoms with van der Waals surface area (Å²) in [5, 5.41) is 13.5. The van der Waals surface area contributed by atoms with Gasteiger partial charge in [0.2, 0.25) is 5.91 Å². The van der Waals surface area contributed by atoms with Crippen LogP contribution in [0.4, 0.5) is 4.79 Å². The molecule has 0 aliphatic carbocycles. The zero-order valence-electron chi connectivity index (χ0n) is 12.4. The third-order valence-corrected chi connectivity index (χ3v) is 2.44. The second-order valence-electron chi connectivity index (χ2n) is 5.93. The normalized spacial score (nSPS) is 13.3. The van der Waals surface area contributed by atoms with Crippen molar-refractivity contribution in [2.24, 2.45) is 11.1 Å². The minimum Gasteiger partial charge on any atom is -0.481 e. The Hall–Kier alpha value is -1.83. The lowest BCUT2D eigenvalue weighted by Crippen LogP contribution is -2.56. The van der Waals surface area contributed by atoms with Crippen LogP contribution in [0.25, 0.3) is 0 Å². The molecule has 0 aromatic heterocycles. The van der Waals surface area contributed by atoms with Crippen LogP contribution in [0.5, 0.6) is 0 Å². The molecule has 0 radical (unpaired) electrons. The van der Waals surface area contributed by atoms with Gasteiger partial charge in [0.1, 0.15) is 12.1 Å². The SMILES string of the molecule is CC(C)(C)OC(=O)NCC(=O)NC(N)C(C)(C)C(=O)O. The number of amides is 2. The van der Waals surface area contributed by atoms with Crippen LogP contribution in [0, 0.1) is 5.41 Å². The van der Waals surface area contributed by atoms with Gasteiger partial charge in [-0.05, 0) is 34.6 Å². The summed E-state index contributed by atoms with van der Waals surface area (Å²) in [7, 11) is 0. The second kappa shape index (κ2) is 6.56. The Morgan fingerprint density at radius 3 is 2.10 bits per heavy atom. The van der Waals surface area contributed by atoms with Gasteiger partial charge in [0.25, 0.3) is 0 Å². The minimum atomic E-state index is -1.32. The van der Waals surface area contributed by atoms with Gasteiger partial charge in [-0.1, -0.05) is 0 Å². The topological polar surface area (TPSA) is 131 Å².